The van der Waals surface area contributed by atoms with Crippen molar-refractivity contribution in [3.05, 3.63) is 58.1 Å². The van der Waals surface area contributed by atoms with Gasteiger partial charge in [0.05, 0.1) is 33.8 Å². The Hall–Kier alpha value is -2.73. The highest BCUT2D eigenvalue weighted by atomic mass is 35.5. The number of methoxy groups -OCH3 is 3. The van der Waals surface area contributed by atoms with Crippen molar-refractivity contribution in [1.82, 2.24) is 4.90 Å². The summed E-state index contributed by atoms with van der Waals surface area (Å²) in [7, 11) is 4.47. The zero-order valence-corrected chi connectivity index (χ0v) is 16.8. The Labute approximate surface area is 168 Å². The number of hydrogen-bond acceptors (Lipinski definition) is 5. The highest BCUT2D eigenvalue weighted by molar-refractivity contribution is 6.30. The first-order valence-corrected chi connectivity index (χ1v) is 9.24. The SMILES string of the molecule is COC(=O)C[C@@H]1c2cc(OC)c(OC)cc2CCN1C(=O)c1cccc(Cl)c1. The molecule has 2 aromatic rings. The third-order valence-electron chi connectivity index (χ3n) is 4.92. The second-order valence-corrected chi connectivity index (χ2v) is 6.90. The van der Waals surface area contributed by atoms with Crippen LogP contribution in [-0.2, 0) is 16.0 Å². The van der Waals surface area contributed by atoms with Crippen LogP contribution in [0.5, 0.6) is 11.5 Å². The van der Waals surface area contributed by atoms with Crippen molar-refractivity contribution in [2.24, 2.45) is 0 Å². The van der Waals surface area contributed by atoms with Gasteiger partial charge in [-0.15, -0.1) is 0 Å². The lowest BCUT2D eigenvalue weighted by molar-refractivity contribution is -0.141. The minimum atomic E-state index is -0.470. The second-order valence-electron chi connectivity index (χ2n) is 6.46. The summed E-state index contributed by atoms with van der Waals surface area (Å²) in [5.41, 5.74) is 2.35. The molecule has 1 heterocycles. The molecule has 0 N–H and O–H groups in total. The molecule has 3 rings (SSSR count). The summed E-state index contributed by atoms with van der Waals surface area (Å²) in [5.74, 6) is 0.592. The Kier molecular flexibility index (Phi) is 6.09. The summed E-state index contributed by atoms with van der Waals surface area (Å²) in [5, 5.41) is 0.485. The number of hydrogen-bond donors (Lipinski definition) is 0. The maximum Gasteiger partial charge on any atom is 0.307 e. The summed E-state index contributed by atoms with van der Waals surface area (Å²) >= 11 is 6.05. The monoisotopic (exact) mass is 403 g/mol. The molecule has 0 saturated carbocycles. The number of fused-ring (bicyclic) bond motifs is 1. The Balaban J connectivity index is 2.04. The molecule has 0 fully saturated rings. The van der Waals surface area contributed by atoms with Crippen LogP contribution in [0.2, 0.25) is 5.02 Å². The van der Waals surface area contributed by atoms with Crippen molar-refractivity contribution in [3.63, 3.8) is 0 Å². The molecule has 1 aliphatic rings. The Morgan fingerprint density at radius 2 is 1.82 bits per heavy atom. The van der Waals surface area contributed by atoms with Crippen LogP contribution in [0.15, 0.2) is 36.4 Å². The molecule has 28 heavy (non-hydrogen) atoms. The van der Waals surface area contributed by atoms with Crippen molar-refractivity contribution in [3.8, 4) is 11.5 Å². The van der Waals surface area contributed by atoms with Gasteiger partial charge in [-0.1, -0.05) is 17.7 Å². The van der Waals surface area contributed by atoms with E-state index in [9.17, 15) is 9.59 Å². The van der Waals surface area contributed by atoms with Crippen LogP contribution >= 0.6 is 11.6 Å². The van der Waals surface area contributed by atoms with E-state index in [4.69, 9.17) is 25.8 Å². The van der Waals surface area contributed by atoms with E-state index in [2.05, 4.69) is 0 Å². The van der Waals surface area contributed by atoms with Crippen LogP contribution in [0.25, 0.3) is 0 Å². The first-order chi connectivity index (χ1) is 13.5. The minimum absolute atomic E-state index is 0.0469. The highest BCUT2D eigenvalue weighted by Crippen LogP contribution is 2.40. The van der Waals surface area contributed by atoms with E-state index < -0.39 is 12.0 Å². The van der Waals surface area contributed by atoms with Gasteiger partial charge in [0.25, 0.3) is 5.91 Å². The van der Waals surface area contributed by atoms with Gasteiger partial charge >= 0.3 is 5.97 Å². The molecule has 0 saturated heterocycles. The van der Waals surface area contributed by atoms with Crippen molar-refractivity contribution < 1.29 is 23.8 Å². The predicted molar refractivity (Wildman–Crippen MR) is 105 cm³/mol. The van der Waals surface area contributed by atoms with Crippen LogP contribution in [0.4, 0.5) is 0 Å². The Morgan fingerprint density at radius 1 is 1.11 bits per heavy atom. The molecule has 148 valence electrons. The van der Waals surface area contributed by atoms with Crippen LogP contribution in [-0.4, -0.2) is 44.7 Å². The van der Waals surface area contributed by atoms with E-state index in [1.54, 1.807) is 43.4 Å². The average Bonchev–Trinajstić information content (AvgIpc) is 2.72. The predicted octanol–water partition coefficient (Wildman–Crippen LogP) is 3.66. The molecule has 1 atom stereocenters. The van der Waals surface area contributed by atoms with Crippen molar-refractivity contribution in [2.45, 2.75) is 18.9 Å². The summed E-state index contributed by atoms with van der Waals surface area (Å²) in [6.45, 7) is 0.468. The molecular formula is C21H22ClNO5. The molecule has 0 unspecified atom stereocenters. The second kappa shape index (κ2) is 8.52. The van der Waals surface area contributed by atoms with Crippen LogP contribution < -0.4 is 9.47 Å². The maximum absolute atomic E-state index is 13.2. The van der Waals surface area contributed by atoms with E-state index in [1.165, 1.54) is 7.11 Å². The smallest absolute Gasteiger partial charge is 0.307 e. The van der Waals surface area contributed by atoms with Crippen LogP contribution in [0.3, 0.4) is 0 Å². The van der Waals surface area contributed by atoms with Crippen molar-refractivity contribution in [2.75, 3.05) is 27.9 Å². The van der Waals surface area contributed by atoms with Gasteiger partial charge in [0, 0.05) is 17.1 Å². The molecule has 0 radical (unpaired) electrons. The molecule has 1 aliphatic heterocycles. The first kappa shape index (κ1) is 20.0. The molecule has 0 spiro atoms. The zero-order valence-electron chi connectivity index (χ0n) is 16.0. The number of ether oxygens (including phenoxy) is 3. The van der Waals surface area contributed by atoms with E-state index in [1.807, 2.05) is 12.1 Å². The fraction of sp³-hybridized carbons (Fsp3) is 0.333. The zero-order chi connectivity index (χ0) is 20.3. The fourth-order valence-electron chi connectivity index (χ4n) is 3.52. The van der Waals surface area contributed by atoms with Crippen LogP contribution in [0.1, 0.15) is 33.9 Å². The van der Waals surface area contributed by atoms with Crippen molar-refractivity contribution in [1.29, 1.82) is 0 Å². The molecule has 7 heteroatoms. The normalized spacial score (nSPS) is 15.6. The van der Waals surface area contributed by atoms with Gasteiger partial charge in [-0.25, -0.2) is 0 Å². The first-order valence-electron chi connectivity index (χ1n) is 8.86. The minimum Gasteiger partial charge on any atom is -0.493 e. The number of rotatable bonds is 5. The number of amides is 1. The third kappa shape index (κ3) is 3.92. The lowest BCUT2D eigenvalue weighted by atomic mass is 9.89. The Morgan fingerprint density at radius 3 is 2.46 bits per heavy atom. The summed E-state index contributed by atoms with van der Waals surface area (Å²) < 4.78 is 15.7. The van der Waals surface area contributed by atoms with Gasteiger partial charge < -0.3 is 19.1 Å². The van der Waals surface area contributed by atoms with Gasteiger partial charge in [-0.3, -0.25) is 9.59 Å². The topological polar surface area (TPSA) is 65.1 Å². The molecule has 6 nitrogen and oxygen atoms in total. The number of halogens is 1. The maximum atomic E-state index is 13.2. The number of nitrogens with zero attached hydrogens (tertiary/aromatic N) is 1. The standard InChI is InChI=1S/C21H22ClNO5/c1-26-18-10-13-7-8-23(21(25)14-5-4-6-15(22)9-14)17(12-20(24)28-3)16(13)11-19(18)27-2/h4-6,9-11,17H,7-8,12H2,1-3H3/t17-/m1/s1. The molecular weight excluding hydrogens is 382 g/mol. The molecule has 0 bridgehead atoms. The van der Waals surface area contributed by atoms with Crippen molar-refractivity contribution >= 4 is 23.5 Å². The van der Waals surface area contributed by atoms with E-state index in [0.29, 0.717) is 35.1 Å². The fourth-order valence-corrected chi connectivity index (χ4v) is 3.71. The third-order valence-corrected chi connectivity index (χ3v) is 5.16. The van der Waals surface area contributed by atoms with Gasteiger partial charge in [0.15, 0.2) is 11.5 Å². The van der Waals surface area contributed by atoms with E-state index >= 15 is 0 Å². The number of benzene rings is 2. The highest BCUT2D eigenvalue weighted by Gasteiger charge is 2.34. The van der Waals surface area contributed by atoms with Gasteiger partial charge in [-0.2, -0.15) is 0 Å². The summed E-state index contributed by atoms with van der Waals surface area (Å²) in [6.07, 6.45) is 0.685. The largest absolute Gasteiger partial charge is 0.493 e. The molecule has 1 amide bonds. The lowest BCUT2D eigenvalue weighted by Crippen LogP contribution is -2.41. The number of carbonyl (C=O) groups is 2. The molecule has 2 aromatic carbocycles. The Bertz CT molecular complexity index is 898. The average molecular weight is 404 g/mol. The number of carbonyl (C=O) groups excluding carboxylic acids is 2. The summed E-state index contributed by atoms with van der Waals surface area (Å²) in [4.78, 5) is 27.0. The summed E-state index contributed by atoms with van der Waals surface area (Å²) in [6, 6.07) is 10.1. The van der Waals surface area contributed by atoms with Crippen LogP contribution in [0, 0.1) is 0 Å². The molecule has 0 aliphatic carbocycles. The van der Waals surface area contributed by atoms with E-state index in [0.717, 1.165) is 11.1 Å². The van der Waals surface area contributed by atoms with Gasteiger partial charge in [0.2, 0.25) is 0 Å². The molecule has 0 aromatic heterocycles. The van der Waals surface area contributed by atoms with E-state index in [-0.39, 0.29) is 12.3 Å². The van der Waals surface area contributed by atoms with Gasteiger partial charge in [-0.05, 0) is 47.9 Å². The quantitative estimate of drug-likeness (QED) is 0.713. The number of esters is 1. The van der Waals surface area contributed by atoms with Gasteiger partial charge in [0.1, 0.15) is 0 Å². The lowest BCUT2D eigenvalue weighted by Gasteiger charge is -2.37.